The number of nitrogens with zero attached hydrogens (tertiary/aromatic N) is 2. The summed E-state index contributed by atoms with van der Waals surface area (Å²) in [5.74, 6) is 0.849. The van der Waals surface area contributed by atoms with Crippen molar-refractivity contribution in [2.45, 2.75) is 25.8 Å². The summed E-state index contributed by atoms with van der Waals surface area (Å²) in [6, 6.07) is 15.3. The highest BCUT2D eigenvalue weighted by Crippen LogP contribution is 2.30. The van der Waals surface area contributed by atoms with E-state index < -0.39 is 0 Å². The van der Waals surface area contributed by atoms with E-state index >= 15 is 0 Å². The molecule has 7 nitrogen and oxygen atoms in total. The molecular formula is C22H25N3O4. The summed E-state index contributed by atoms with van der Waals surface area (Å²) in [6.07, 6.45) is 0.946. The van der Waals surface area contributed by atoms with Crippen molar-refractivity contribution in [2.24, 2.45) is 5.10 Å². The molecule has 29 heavy (non-hydrogen) atoms. The molecular weight excluding hydrogens is 370 g/mol. The lowest BCUT2D eigenvalue weighted by Gasteiger charge is -2.14. The molecule has 0 unspecified atom stereocenters. The van der Waals surface area contributed by atoms with Crippen molar-refractivity contribution in [3.8, 4) is 11.5 Å². The monoisotopic (exact) mass is 395 g/mol. The maximum atomic E-state index is 12.4. The van der Waals surface area contributed by atoms with Crippen LogP contribution in [0.25, 0.3) is 0 Å². The molecule has 0 aromatic heterocycles. The number of hydrazone groups is 1. The van der Waals surface area contributed by atoms with Gasteiger partial charge < -0.3 is 14.8 Å². The third-order valence-corrected chi connectivity index (χ3v) is 4.72. The van der Waals surface area contributed by atoms with Crippen molar-refractivity contribution in [3.05, 3.63) is 59.7 Å². The Bertz CT molecular complexity index is 896. The summed E-state index contributed by atoms with van der Waals surface area (Å²) < 4.78 is 10.6. The van der Waals surface area contributed by atoms with Gasteiger partial charge in [0.2, 0.25) is 11.8 Å². The Hall–Kier alpha value is -3.35. The van der Waals surface area contributed by atoms with E-state index in [1.54, 1.807) is 20.3 Å². The number of methoxy groups -OCH3 is 2. The Labute approximate surface area is 170 Å². The second-order valence-electron chi connectivity index (χ2n) is 6.61. The zero-order chi connectivity index (χ0) is 20.6. The van der Waals surface area contributed by atoms with Crippen LogP contribution in [0.1, 0.15) is 30.4 Å². The second-order valence-corrected chi connectivity index (χ2v) is 6.61. The predicted molar refractivity (Wildman–Crippen MR) is 110 cm³/mol. The smallest absolute Gasteiger partial charge is 0.243 e. The van der Waals surface area contributed by atoms with Gasteiger partial charge in [0.1, 0.15) is 0 Å². The number of hydrogen-bond acceptors (Lipinski definition) is 5. The molecule has 2 amide bonds. The summed E-state index contributed by atoms with van der Waals surface area (Å²) in [5, 5.41) is 8.69. The van der Waals surface area contributed by atoms with Gasteiger partial charge in [0, 0.05) is 31.4 Å². The van der Waals surface area contributed by atoms with Gasteiger partial charge in [0.15, 0.2) is 11.5 Å². The standard InChI is InChI=1S/C22H25N3O4/c1-28-19-10-6-9-17(22(19)29-2)15-23-20(26)11-12-21(27)25-14-13-18(24-25)16-7-4-3-5-8-16/h3-10H,11-15H2,1-2H3,(H,23,26). The van der Waals surface area contributed by atoms with Crippen LogP contribution < -0.4 is 14.8 Å². The number of para-hydroxylation sites is 1. The van der Waals surface area contributed by atoms with Crippen molar-refractivity contribution >= 4 is 17.5 Å². The number of ether oxygens (including phenoxy) is 2. The highest BCUT2D eigenvalue weighted by Gasteiger charge is 2.22. The van der Waals surface area contributed by atoms with E-state index in [-0.39, 0.29) is 24.7 Å². The first-order valence-electron chi connectivity index (χ1n) is 9.52. The van der Waals surface area contributed by atoms with Crippen molar-refractivity contribution in [1.82, 2.24) is 10.3 Å². The van der Waals surface area contributed by atoms with E-state index in [9.17, 15) is 9.59 Å². The van der Waals surface area contributed by atoms with E-state index in [0.29, 0.717) is 24.6 Å². The molecule has 0 radical (unpaired) electrons. The Morgan fingerprint density at radius 2 is 1.83 bits per heavy atom. The summed E-state index contributed by atoms with van der Waals surface area (Å²) >= 11 is 0. The van der Waals surface area contributed by atoms with Crippen molar-refractivity contribution in [2.75, 3.05) is 20.8 Å². The molecule has 1 aliphatic rings. The Morgan fingerprint density at radius 3 is 2.55 bits per heavy atom. The number of carbonyl (C=O) groups is 2. The largest absolute Gasteiger partial charge is 0.493 e. The van der Waals surface area contributed by atoms with E-state index in [1.807, 2.05) is 42.5 Å². The average molecular weight is 395 g/mol. The van der Waals surface area contributed by atoms with Gasteiger partial charge in [0.05, 0.1) is 26.5 Å². The fourth-order valence-corrected chi connectivity index (χ4v) is 3.20. The number of carbonyl (C=O) groups excluding carboxylic acids is 2. The van der Waals surface area contributed by atoms with Crippen LogP contribution in [0, 0.1) is 0 Å². The lowest BCUT2D eigenvalue weighted by molar-refractivity contribution is -0.133. The zero-order valence-corrected chi connectivity index (χ0v) is 16.7. The molecule has 1 N–H and O–H groups in total. The quantitative estimate of drug-likeness (QED) is 0.745. The molecule has 0 saturated carbocycles. The summed E-state index contributed by atoms with van der Waals surface area (Å²) in [6.45, 7) is 0.846. The Morgan fingerprint density at radius 1 is 1.03 bits per heavy atom. The fraction of sp³-hybridized carbons (Fsp3) is 0.318. The van der Waals surface area contributed by atoms with Gasteiger partial charge in [-0.15, -0.1) is 0 Å². The van der Waals surface area contributed by atoms with Crippen LogP contribution in [0.2, 0.25) is 0 Å². The third kappa shape index (κ3) is 5.13. The molecule has 0 bridgehead atoms. The highest BCUT2D eigenvalue weighted by molar-refractivity contribution is 6.02. The normalized spacial score (nSPS) is 13.0. The van der Waals surface area contributed by atoms with Crippen molar-refractivity contribution in [1.29, 1.82) is 0 Å². The SMILES string of the molecule is COc1cccc(CNC(=O)CCC(=O)N2CCC(c3ccccc3)=N2)c1OC. The number of nitrogens with one attached hydrogen (secondary N) is 1. The minimum absolute atomic E-state index is 0.109. The van der Waals surface area contributed by atoms with Gasteiger partial charge in [-0.2, -0.15) is 5.10 Å². The molecule has 0 aliphatic carbocycles. The Kier molecular flexibility index (Phi) is 6.84. The van der Waals surface area contributed by atoms with Gasteiger partial charge in [0.25, 0.3) is 0 Å². The summed E-state index contributed by atoms with van der Waals surface area (Å²) in [5.41, 5.74) is 2.73. The Balaban J connectivity index is 1.49. The van der Waals surface area contributed by atoms with Gasteiger partial charge >= 0.3 is 0 Å². The minimum Gasteiger partial charge on any atom is -0.493 e. The lowest BCUT2D eigenvalue weighted by atomic mass is 10.1. The zero-order valence-electron chi connectivity index (χ0n) is 16.7. The van der Waals surface area contributed by atoms with Crippen LogP contribution in [0.3, 0.4) is 0 Å². The maximum absolute atomic E-state index is 12.4. The van der Waals surface area contributed by atoms with Gasteiger partial charge in [-0.1, -0.05) is 42.5 Å². The lowest BCUT2D eigenvalue weighted by Crippen LogP contribution is -2.27. The molecule has 1 heterocycles. The minimum atomic E-state index is -0.199. The number of benzene rings is 2. The van der Waals surface area contributed by atoms with Crippen LogP contribution in [0.4, 0.5) is 0 Å². The topological polar surface area (TPSA) is 80.2 Å². The van der Waals surface area contributed by atoms with Gasteiger partial charge in [-0.3, -0.25) is 9.59 Å². The first-order valence-corrected chi connectivity index (χ1v) is 9.52. The van der Waals surface area contributed by atoms with Gasteiger partial charge in [-0.25, -0.2) is 5.01 Å². The van der Waals surface area contributed by atoms with E-state index in [2.05, 4.69) is 10.4 Å². The molecule has 3 rings (SSSR count). The molecule has 1 aliphatic heterocycles. The van der Waals surface area contributed by atoms with Crippen molar-refractivity contribution in [3.63, 3.8) is 0 Å². The van der Waals surface area contributed by atoms with E-state index in [0.717, 1.165) is 23.3 Å². The van der Waals surface area contributed by atoms with E-state index in [4.69, 9.17) is 9.47 Å². The molecule has 152 valence electrons. The maximum Gasteiger partial charge on any atom is 0.243 e. The van der Waals surface area contributed by atoms with E-state index in [1.165, 1.54) is 5.01 Å². The summed E-state index contributed by atoms with van der Waals surface area (Å²) in [4.78, 5) is 24.6. The average Bonchev–Trinajstić information content (AvgIpc) is 3.26. The summed E-state index contributed by atoms with van der Waals surface area (Å²) in [7, 11) is 3.12. The van der Waals surface area contributed by atoms with Gasteiger partial charge in [-0.05, 0) is 11.6 Å². The molecule has 0 saturated heterocycles. The van der Waals surface area contributed by atoms with Crippen LogP contribution >= 0.6 is 0 Å². The first-order chi connectivity index (χ1) is 14.1. The molecule has 0 fully saturated rings. The first kappa shape index (κ1) is 20.4. The molecule has 2 aromatic rings. The fourth-order valence-electron chi connectivity index (χ4n) is 3.20. The molecule has 0 atom stereocenters. The second kappa shape index (κ2) is 9.73. The van der Waals surface area contributed by atoms with Crippen LogP contribution in [-0.2, 0) is 16.1 Å². The molecule has 2 aromatic carbocycles. The molecule has 0 spiro atoms. The number of rotatable bonds is 8. The number of hydrogen-bond donors (Lipinski definition) is 1. The van der Waals surface area contributed by atoms with Crippen LogP contribution in [-0.4, -0.2) is 43.3 Å². The predicted octanol–water partition coefficient (Wildman–Crippen LogP) is 2.74. The highest BCUT2D eigenvalue weighted by atomic mass is 16.5. The molecule has 7 heteroatoms. The van der Waals surface area contributed by atoms with Crippen LogP contribution in [0.5, 0.6) is 11.5 Å². The number of amides is 2. The third-order valence-electron chi connectivity index (χ3n) is 4.72. The van der Waals surface area contributed by atoms with Crippen LogP contribution in [0.15, 0.2) is 53.6 Å². The van der Waals surface area contributed by atoms with Crippen molar-refractivity contribution < 1.29 is 19.1 Å².